The maximum Gasteiger partial charge on any atom is 0.241 e. The summed E-state index contributed by atoms with van der Waals surface area (Å²) in [6, 6.07) is 15.5. The highest BCUT2D eigenvalue weighted by atomic mass is 16.5. The molecule has 2 atom stereocenters. The average molecular weight is 352 g/mol. The number of phenols is 1. The van der Waals surface area contributed by atoms with Gasteiger partial charge in [0, 0.05) is 13.1 Å². The van der Waals surface area contributed by atoms with Gasteiger partial charge < -0.3 is 14.7 Å². The maximum absolute atomic E-state index is 13.1. The summed E-state index contributed by atoms with van der Waals surface area (Å²) in [5.41, 5.74) is 2.04. The van der Waals surface area contributed by atoms with Gasteiger partial charge in [0.15, 0.2) is 11.5 Å². The van der Waals surface area contributed by atoms with Crippen LogP contribution in [-0.2, 0) is 11.3 Å². The lowest BCUT2D eigenvalue weighted by molar-refractivity contribution is -0.131. The molecule has 1 amide bonds. The number of hydrogen-bond acceptors (Lipinski definition) is 4. The van der Waals surface area contributed by atoms with Crippen LogP contribution in [0.4, 0.5) is 0 Å². The molecule has 4 rings (SSSR count). The molecule has 26 heavy (non-hydrogen) atoms. The Morgan fingerprint density at radius 2 is 1.96 bits per heavy atom. The third-order valence-electron chi connectivity index (χ3n) is 5.42. The summed E-state index contributed by atoms with van der Waals surface area (Å²) in [6.45, 7) is 1.48. The van der Waals surface area contributed by atoms with E-state index in [1.165, 1.54) is 7.11 Å². The highest BCUT2D eigenvalue weighted by Crippen LogP contribution is 2.41. The smallest absolute Gasteiger partial charge is 0.241 e. The molecule has 0 saturated carbocycles. The molecule has 2 saturated heterocycles. The number of piperidine rings is 1. The molecule has 2 heterocycles. The molecule has 5 nitrogen and oxygen atoms in total. The van der Waals surface area contributed by atoms with Crippen molar-refractivity contribution in [1.29, 1.82) is 0 Å². The van der Waals surface area contributed by atoms with Crippen LogP contribution in [0.5, 0.6) is 11.5 Å². The Hall–Kier alpha value is -2.53. The van der Waals surface area contributed by atoms with Crippen molar-refractivity contribution in [1.82, 2.24) is 9.80 Å². The Balaban J connectivity index is 1.71. The number of benzene rings is 2. The molecule has 2 fully saturated rings. The molecule has 0 aromatic heterocycles. The predicted molar refractivity (Wildman–Crippen MR) is 98.7 cm³/mol. The molecule has 0 radical (unpaired) electrons. The van der Waals surface area contributed by atoms with Crippen LogP contribution in [-0.4, -0.2) is 40.5 Å². The fourth-order valence-corrected chi connectivity index (χ4v) is 4.19. The van der Waals surface area contributed by atoms with Crippen LogP contribution in [0.1, 0.15) is 36.6 Å². The first kappa shape index (κ1) is 16.9. The topological polar surface area (TPSA) is 53.0 Å². The van der Waals surface area contributed by atoms with E-state index in [1.54, 1.807) is 12.1 Å². The van der Waals surface area contributed by atoms with Crippen molar-refractivity contribution >= 4 is 5.91 Å². The van der Waals surface area contributed by atoms with Crippen LogP contribution >= 0.6 is 0 Å². The molecule has 0 aliphatic carbocycles. The average Bonchev–Trinajstić information content (AvgIpc) is 2.95. The number of hydrogen-bond donors (Lipinski definition) is 1. The van der Waals surface area contributed by atoms with Crippen molar-refractivity contribution in [2.45, 2.75) is 38.0 Å². The van der Waals surface area contributed by atoms with Gasteiger partial charge in [0.2, 0.25) is 5.91 Å². The van der Waals surface area contributed by atoms with Crippen LogP contribution in [0, 0.1) is 0 Å². The molecular formula is C21H24N2O3. The zero-order valence-electron chi connectivity index (χ0n) is 15.0. The van der Waals surface area contributed by atoms with Gasteiger partial charge in [0.1, 0.15) is 6.17 Å². The van der Waals surface area contributed by atoms with Gasteiger partial charge in [-0.25, -0.2) is 0 Å². The van der Waals surface area contributed by atoms with E-state index >= 15 is 0 Å². The summed E-state index contributed by atoms with van der Waals surface area (Å²) < 4.78 is 5.17. The van der Waals surface area contributed by atoms with Crippen molar-refractivity contribution in [3.8, 4) is 11.5 Å². The van der Waals surface area contributed by atoms with Gasteiger partial charge in [-0.05, 0) is 36.1 Å². The SMILES string of the molecule is COc1ccc([C@@H]2N(Cc3ccccc3)C(=O)C3CCCCN32)cc1O. The molecule has 1 N–H and O–H groups in total. The summed E-state index contributed by atoms with van der Waals surface area (Å²) in [4.78, 5) is 17.4. The third kappa shape index (κ3) is 2.92. The number of nitrogens with zero attached hydrogens (tertiary/aromatic N) is 2. The number of amides is 1. The first-order valence-corrected chi connectivity index (χ1v) is 9.16. The van der Waals surface area contributed by atoms with Crippen molar-refractivity contribution in [3.05, 3.63) is 59.7 Å². The first-order chi connectivity index (χ1) is 12.7. The van der Waals surface area contributed by atoms with E-state index in [-0.39, 0.29) is 23.9 Å². The summed E-state index contributed by atoms with van der Waals surface area (Å²) in [5.74, 6) is 0.745. The molecule has 2 aliphatic heterocycles. The standard InChI is InChI=1S/C21H24N2O3/c1-26-19-11-10-16(13-18(19)24)20-22-12-6-5-9-17(22)21(25)23(20)14-15-7-3-2-4-8-15/h2-4,7-8,10-11,13,17,20,24H,5-6,9,12,14H2,1H3/t17?,20-/m0/s1. The Morgan fingerprint density at radius 3 is 2.69 bits per heavy atom. The first-order valence-electron chi connectivity index (χ1n) is 9.16. The molecule has 0 spiro atoms. The fourth-order valence-electron chi connectivity index (χ4n) is 4.19. The van der Waals surface area contributed by atoms with Crippen molar-refractivity contribution in [2.24, 2.45) is 0 Å². The van der Waals surface area contributed by atoms with Gasteiger partial charge in [-0.2, -0.15) is 0 Å². The Kier molecular flexibility index (Phi) is 4.55. The van der Waals surface area contributed by atoms with E-state index in [0.717, 1.165) is 36.9 Å². The van der Waals surface area contributed by atoms with E-state index < -0.39 is 0 Å². The minimum Gasteiger partial charge on any atom is -0.504 e. The summed E-state index contributed by atoms with van der Waals surface area (Å²) in [5, 5.41) is 10.2. The molecule has 0 bridgehead atoms. The summed E-state index contributed by atoms with van der Waals surface area (Å²) >= 11 is 0. The van der Waals surface area contributed by atoms with Crippen LogP contribution in [0.25, 0.3) is 0 Å². The highest BCUT2D eigenvalue weighted by Gasteiger charge is 2.47. The second kappa shape index (κ2) is 7.00. The number of ether oxygens (including phenoxy) is 1. The molecule has 2 aliphatic rings. The molecule has 2 aromatic carbocycles. The predicted octanol–water partition coefficient (Wildman–Crippen LogP) is 3.30. The van der Waals surface area contributed by atoms with Crippen LogP contribution in [0.15, 0.2) is 48.5 Å². The quantitative estimate of drug-likeness (QED) is 0.917. The molecule has 1 unspecified atom stereocenters. The van der Waals surface area contributed by atoms with Crippen molar-refractivity contribution in [3.63, 3.8) is 0 Å². The lowest BCUT2D eigenvalue weighted by Crippen LogP contribution is -2.38. The van der Waals surface area contributed by atoms with E-state index in [9.17, 15) is 9.90 Å². The van der Waals surface area contributed by atoms with Gasteiger partial charge in [0.05, 0.1) is 13.2 Å². The third-order valence-corrected chi connectivity index (χ3v) is 5.42. The van der Waals surface area contributed by atoms with E-state index in [4.69, 9.17) is 4.74 Å². The highest BCUT2D eigenvalue weighted by molar-refractivity contribution is 5.84. The number of carbonyl (C=O) groups excluding carboxylic acids is 1. The van der Waals surface area contributed by atoms with E-state index in [1.807, 2.05) is 41.3 Å². The van der Waals surface area contributed by atoms with Gasteiger partial charge in [-0.3, -0.25) is 9.69 Å². The number of aromatic hydroxyl groups is 1. The van der Waals surface area contributed by atoms with E-state index in [2.05, 4.69) is 4.90 Å². The van der Waals surface area contributed by atoms with Gasteiger partial charge in [-0.1, -0.05) is 42.8 Å². The van der Waals surface area contributed by atoms with Crippen LogP contribution in [0.2, 0.25) is 0 Å². The zero-order chi connectivity index (χ0) is 18.1. The number of methoxy groups -OCH3 is 1. The Bertz CT molecular complexity index is 793. The largest absolute Gasteiger partial charge is 0.504 e. The summed E-state index contributed by atoms with van der Waals surface area (Å²) in [7, 11) is 1.54. The normalized spacial score (nSPS) is 23.1. The monoisotopic (exact) mass is 352 g/mol. The van der Waals surface area contributed by atoms with Crippen LogP contribution < -0.4 is 4.74 Å². The Labute approximate surface area is 153 Å². The second-order valence-electron chi connectivity index (χ2n) is 7.01. The summed E-state index contributed by atoms with van der Waals surface area (Å²) in [6.07, 6.45) is 2.95. The molecular weight excluding hydrogens is 328 g/mol. The maximum atomic E-state index is 13.1. The lowest BCUT2D eigenvalue weighted by atomic mass is 10.0. The van der Waals surface area contributed by atoms with Crippen molar-refractivity contribution in [2.75, 3.05) is 13.7 Å². The Morgan fingerprint density at radius 1 is 1.15 bits per heavy atom. The van der Waals surface area contributed by atoms with Crippen LogP contribution in [0.3, 0.4) is 0 Å². The molecule has 136 valence electrons. The lowest BCUT2D eigenvalue weighted by Gasteiger charge is -2.34. The minimum atomic E-state index is -0.148. The minimum absolute atomic E-state index is 0.0540. The zero-order valence-corrected chi connectivity index (χ0v) is 15.0. The fraction of sp³-hybridized carbons (Fsp3) is 0.381. The number of rotatable bonds is 4. The van der Waals surface area contributed by atoms with Gasteiger partial charge in [-0.15, -0.1) is 0 Å². The van der Waals surface area contributed by atoms with E-state index in [0.29, 0.717) is 12.3 Å². The molecule has 5 heteroatoms. The molecule has 2 aromatic rings. The van der Waals surface area contributed by atoms with Gasteiger partial charge >= 0.3 is 0 Å². The second-order valence-corrected chi connectivity index (χ2v) is 7.01. The number of carbonyl (C=O) groups is 1. The van der Waals surface area contributed by atoms with Crippen molar-refractivity contribution < 1.29 is 14.6 Å². The van der Waals surface area contributed by atoms with Gasteiger partial charge in [0.25, 0.3) is 0 Å². The number of phenolic OH excluding ortho intramolecular Hbond substituents is 1. The number of fused-ring (bicyclic) bond motifs is 1.